The quantitative estimate of drug-likeness (QED) is 0.567. The van der Waals surface area contributed by atoms with Crippen molar-refractivity contribution in [3.63, 3.8) is 0 Å². The van der Waals surface area contributed by atoms with E-state index in [9.17, 15) is 0 Å². The predicted octanol–water partition coefficient (Wildman–Crippen LogP) is 2.32. The Morgan fingerprint density at radius 2 is 1.78 bits per heavy atom. The molecule has 56 valence electrons. The Bertz CT molecular complexity index is 59.6. The summed E-state index contributed by atoms with van der Waals surface area (Å²) < 4.78 is 4.96. The van der Waals surface area contributed by atoms with Crippen molar-refractivity contribution in [1.29, 1.82) is 0 Å². The van der Waals surface area contributed by atoms with E-state index in [2.05, 4.69) is 20.8 Å². The summed E-state index contributed by atoms with van der Waals surface area (Å²) >= 11 is 0. The van der Waals surface area contributed by atoms with Crippen LogP contribution in [0.15, 0.2) is 0 Å². The maximum atomic E-state index is 4.96. The summed E-state index contributed by atoms with van der Waals surface area (Å²) in [6.07, 6.45) is 1.19. The highest BCUT2D eigenvalue weighted by Crippen LogP contribution is 2.12. The molecule has 0 heterocycles. The van der Waals surface area contributed by atoms with Crippen LogP contribution in [0.4, 0.5) is 0 Å². The Morgan fingerprint density at radius 1 is 1.22 bits per heavy atom. The molecule has 0 aromatic rings. The molecule has 0 radical (unpaired) electrons. The summed E-state index contributed by atoms with van der Waals surface area (Å²) in [6, 6.07) is 0. The topological polar surface area (TPSA) is 9.23 Å². The molecule has 0 saturated heterocycles. The van der Waals surface area contributed by atoms with Crippen molar-refractivity contribution in [3.05, 3.63) is 0 Å². The second-order valence-electron chi connectivity index (χ2n) is 3.00. The lowest BCUT2D eigenvalue weighted by molar-refractivity contribution is 0.170. The number of hydrogen-bond acceptors (Lipinski definition) is 1. The summed E-state index contributed by atoms with van der Waals surface area (Å²) in [5.41, 5.74) is 0. The van der Waals surface area contributed by atoms with Crippen LogP contribution in [-0.4, -0.2) is 13.7 Å². The van der Waals surface area contributed by atoms with Gasteiger partial charge in [-0.1, -0.05) is 20.8 Å². The van der Waals surface area contributed by atoms with Crippen molar-refractivity contribution in [2.45, 2.75) is 27.2 Å². The second-order valence-corrected chi connectivity index (χ2v) is 3.00. The summed E-state index contributed by atoms with van der Waals surface area (Å²) in [5, 5.41) is 0. The van der Waals surface area contributed by atoms with Crippen LogP contribution >= 0.6 is 0 Å². The van der Waals surface area contributed by atoms with Gasteiger partial charge in [0.05, 0.1) is 0 Å². The van der Waals surface area contributed by atoms with Crippen molar-refractivity contribution in [1.82, 2.24) is 0 Å². The maximum Gasteiger partial charge on any atom is 0.0464 e. The molecule has 0 aromatic carbocycles. The maximum absolute atomic E-state index is 4.96. The van der Waals surface area contributed by atoms with Gasteiger partial charge in [-0.3, -0.25) is 0 Å². The number of hydrogen-bond donors (Lipinski definition) is 0. The van der Waals surface area contributed by atoms with Gasteiger partial charge in [-0.05, 0) is 18.3 Å². The van der Waals surface area contributed by atoms with Crippen LogP contribution in [-0.2, 0) is 4.74 Å². The predicted molar refractivity (Wildman–Crippen MR) is 40.5 cm³/mol. The molecule has 1 heteroatoms. The Morgan fingerprint density at radius 3 is 2.11 bits per heavy atom. The van der Waals surface area contributed by atoms with Gasteiger partial charge in [-0.2, -0.15) is 0 Å². The summed E-state index contributed by atoms with van der Waals surface area (Å²) in [4.78, 5) is 0. The fraction of sp³-hybridized carbons (Fsp3) is 1.00. The monoisotopic (exact) mass is 130 g/mol. The number of ether oxygens (including phenoxy) is 1. The van der Waals surface area contributed by atoms with E-state index in [0.29, 0.717) is 0 Å². The summed E-state index contributed by atoms with van der Waals surface area (Å²) in [7, 11) is 1.76. The van der Waals surface area contributed by atoms with Crippen LogP contribution in [0.25, 0.3) is 0 Å². The van der Waals surface area contributed by atoms with Crippen molar-refractivity contribution in [2.24, 2.45) is 11.8 Å². The van der Waals surface area contributed by atoms with Gasteiger partial charge in [-0.15, -0.1) is 0 Å². The molecule has 0 saturated carbocycles. The van der Waals surface area contributed by atoms with E-state index in [1.54, 1.807) is 7.11 Å². The lowest BCUT2D eigenvalue weighted by Gasteiger charge is -2.13. The zero-order valence-corrected chi connectivity index (χ0v) is 6.98. The molecule has 1 atom stereocenters. The standard InChI is InChI=1S/C8H18O/c1-7(2)8(3)5-6-9-4/h7-8H,5-6H2,1-4H3/t8-/m1/s1. The molecule has 0 rings (SSSR count). The highest BCUT2D eigenvalue weighted by atomic mass is 16.5. The highest BCUT2D eigenvalue weighted by molar-refractivity contribution is 4.55. The normalized spacial score (nSPS) is 14.3. The molecule has 0 bridgehead atoms. The van der Waals surface area contributed by atoms with E-state index in [1.807, 2.05) is 0 Å². The Hall–Kier alpha value is -0.0400. The number of rotatable bonds is 4. The van der Waals surface area contributed by atoms with Gasteiger partial charge in [0.15, 0.2) is 0 Å². The first kappa shape index (κ1) is 8.96. The minimum absolute atomic E-state index is 0.792. The minimum Gasteiger partial charge on any atom is -0.385 e. The van der Waals surface area contributed by atoms with Gasteiger partial charge in [0, 0.05) is 13.7 Å². The molecule has 0 aliphatic carbocycles. The van der Waals surface area contributed by atoms with Crippen molar-refractivity contribution in [3.8, 4) is 0 Å². The van der Waals surface area contributed by atoms with E-state index in [4.69, 9.17) is 4.74 Å². The average molecular weight is 130 g/mol. The van der Waals surface area contributed by atoms with Crippen LogP contribution in [0, 0.1) is 11.8 Å². The SMILES string of the molecule is COCC[C@@H](C)C(C)C. The Balaban J connectivity index is 3.16. The first-order valence-corrected chi connectivity index (χ1v) is 3.67. The third-order valence-corrected chi connectivity index (χ3v) is 1.92. The summed E-state index contributed by atoms with van der Waals surface area (Å²) in [6.45, 7) is 7.67. The zero-order valence-electron chi connectivity index (χ0n) is 6.98. The largest absolute Gasteiger partial charge is 0.385 e. The lowest BCUT2D eigenvalue weighted by atomic mass is 9.95. The molecule has 0 aliphatic rings. The third-order valence-electron chi connectivity index (χ3n) is 1.92. The fourth-order valence-corrected chi connectivity index (χ4v) is 0.637. The van der Waals surface area contributed by atoms with E-state index in [0.717, 1.165) is 18.4 Å². The lowest BCUT2D eigenvalue weighted by Crippen LogP contribution is -2.06. The van der Waals surface area contributed by atoms with E-state index < -0.39 is 0 Å². The third kappa shape index (κ3) is 4.46. The zero-order chi connectivity index (χ0) is 7.28. The highest BCUT2D eigenvalue weighted by Gasteiger charge is 2.04. The van der Waals surface area contributed by atoms with Gasteiger partial charge < -0.3 is 4.74 Å². The molecule has 0 unspecified atom stereocenters. The Kier molecular flexibility index (Phi) is 4.78. The van der Waals surface area contributed by atoms with Crippen LogP contribution in [0.2, 0.25) is 0 Å². The van der Waals surface area contributed by atoms with Crippen LogP contribution in [0.3, 0.4) is 0 Å². The molecular weight excluding hydrogens is 112 g/mol. The molecule has 0 aliphatic heterocycles. The first-order chi connectivity index (χ1) is 4.18. The molecule has 1 nitrogen and oxygen atoms in total. The molecule has 0 N–H and O–H groups in total. The molecule has 9 heavy (non-hydrogen) atoms. The van der Waals surface area contributed by atoms with Crippen molar-refractivity contribution >= 4 is 0 Å². The van der Waals surface area contributed by atoms with Gasteiger partial charge >= 0.3 is 0 Å². The van der Waals surface area contributed by atoms with Crippen molar-refractivity contribution in [2.75, 3.05) is 13.7 Å². The molecule has 0 aromatic heterocycles. The van der Waals surface area contributed by atoms with E-state index in [1.165, 1.54) is 6.42 Å². The Labute approximate surface area is 58.4 Å². The number of methoxy groups -OCH3 is 1. The average Bonchev–Trinajstić information content (AvgIpc) is 1.82. The molecular formula is C8H18O. The molecule has 0 spiro atoms. The van der Waals surface area contributed by atoms with Gasteiger partial charge in [0.25, 0.3) is 0 Å². The van der Waals surface area contributed by atoms with Gasteiger partial charge in [0.2, 0.25) is 0 Å². The van der Waals surface area contributed by atoms with Crippen LogP contribution in [0.5, 0.6) is 0 Å². The van der Waals surface area contributed by atoms with Crippen molar-refractivity contribution < 1.29 is 4.74 Å². The van der Waals surface area contributed by atoms with E-state index >= 15 is 0 Å². The molecule has 0 fully saturated rings. The summed E-state index contributed by atoms with van der Waals surface area (Å²) in [5.74, 6) is 1.59. The van der Waals surface area contributed by atoms with Gasteiger partial charge in [-0.25, -0.2) is 0 Å². The van der Waals surface area contributed by atoms with Gasteiger partial charge in [0.1, 0.15) is 0 Å². The minimum atomic E-state index is 0.792. The fourth-order valence-electron chi connectivity index (χ4n) is 0.637. The molecule has 0 amide bonds. The smallest absolute Gasteiger partial charge is 0.0464 e. The second kappa shape index (κ2) is 4.80. The first-order valence-electron chi connectivity index (χ1n) is 3.67. The van der Waals surface area contributed by atoms with Crippen LogP contribution < -0.4 is 0 Å². The van der Waals surface area contributed by atoms with E-state index in [-0.39, 0.29) is 0 Å². The van der Waals surface area contributed by atoms with Crippen LogP contribution in [0.1, 0.15) is 27.2 Å².